The number of rotatable bonds is 6. The summed E-state index contributed by atoms with van der Waals surface area (Å²) in [7, 11) is 3.46. The van der Waals surface area contributed by atoms with Crippen molar-refractivity contribution in [3.63, 3.8) is 0 Å². The monoisotopic (exact) mass is 324 g/mol. The summed E-state index contributed by atoms with van der Waals surface area (Å²) >= 11 is 1.61. The average molecular weight is 324 g/mol. The fraction of sp³-hybridized carbons (Fsp3) is 0.625. The number of hydrogen-bond acceptors (Lipinski definition) is 5. The smallest absolute Gasteiger partial charge is 0.246 e. The van der Waals surface area contributed by atoms with Crippen molar-refractivity contribution in [1.29, 1.82) is 0 Å². The summed E-state index contributed by atoms with van der Waals surface area (Å²) in [6, 6.07) is 0. The Hall–Kier alpha value is -1.24. The minimum Gasteiger partial charge on any atom is -0.353 e. The molecule has 5 nitrogen and oxygen atoms in total. The molecule has 0 saturated carbocycles. The van der Waals surface area contributed by atoms with E-state index in [2.05, 4.69) is 4.98 Å². The van der Waals surface area contributed by atoms with Gasteiger partial charge in [0.25, 0.3) is 0 Å². The van der Waals surface area contributed by atoms with E-state index in [9.17, 15) is 4.79 Å². The lowest BCUT2D eigenvalue weighted by Crippen LogP contribution is -2.23. The van der Waals surface area contributed by atoms with Gasteiger partial charge in [0.1, 0.15) is 5.01 Å². The number of ether oxygens (including phenoxy) is 2. The standard InChI is InChI=1S/C16H24N2O3S/c1-12-13(9-11-21-16-6-4-5-10-20-16)22-14(17-12)7-8-15(19)18(2)3/h7-8,16H,4-6,9-11H2,1-3H3. The van der Waals surface area contributed by atoms with Crippen LogP contribution >= 0.6 is 11.3 Å². The zero-order chi connectivity index (χ0) is 15.9. The van der Waals surface area contributed by atoms with Crippen LogP contribution in [0.5, 0.6) is 0 Å². The van der Waals surface area contributed by atoms with E-state index in [0.717, 1.165) is 36.6 Å². The Labute approximate surface area is 135 Å². The van der Waals surface area contributed by atoms with Crippen molar-refractivity contribution in [2.45, 2.75) is 38.9 Å². The third kappa shape index (κ3) is 5.19. The molecule has 0 spiro atoms. The van der Waals surface area contributed by atoms with Gasteiger partial charge in [0.15, 0.2) is 6.29 Å². The first kappa shape index (κ1) is 17.1. The summed E-state index contributed by atoms with van der Waals surface area (Å²) < 4.78 is 11.3. The molecule has 1 unspecified atom stereocenters. The number of carbonyl (C=O) groups is 1. The fourth-order valence-electron chi connectivity index (χ4n) is 2.17. The Balaban J connectivity index is 1.83. The van der Waals surface area contributed by atoms with Gasteiger partial charge in [0, 0.05) is 38.1 Å². The normalized spacial score (nSPS) is 18.8. The van der Waals surface area contributed by atoms with Crippen LogP contribution in [0, 0.1) is 6.92 Å². The maximum absolute atomic E-state index is 11.5. The van der Waals surface area contributed by atoms with Gasteiger partial charge < -0.3 is 14.4 Å². The minimum absolute atomic E-state index is 0.0350. The number of thiazole rings is 1. The first-order valence-electron chi connectivity index (χ1n) is 7.65. The lowest BCUT2D eigenvalue weighted by molar-refractivity contribution is -0.161. The molecule has 0 radical (unpaired) electrons. The predicted molar refractivity (Wildman–Crippen MR) is 87.8 cm³/mol. The zero-order valence-electron chi connectivity index (χ0n) is 13.5. The van der Waals surface area contributed by atoms with Crippen molar-refractivity contribution in [2.24, 2.45) is 0 Å². The van der Waals surface area contributed by atoms with Gasteiger partial charge in [-0.15, -0.1) is 11.3 Å². The molecule has 0 aliphatic carbocycles. The van der Waals surface area contributed by atoms with E-state index in [0.29, 0.717) is 6.61 Å². The van der Waals surface area contributed by atoms with Crippen LogP contribution < -0.4 is 0 Å². The van der Waals surface area contributed by atoms with Gasteiger partial charge in [0.05, 0.1) is 12.3 Å². The van der Waals surface area contributed by atoms with E-state index in [4.69, 9.17) is 9.47 Å². The maximum atomic E-state index is 11.5. The molecular weight excluding hydrogens is 300 g/mol. The topological polar surface area (TPSA) is 51.7 Å². The lowest BCUT2D eigenvalue weighted by atomic mass is 10.2. The summed E-state index contributed by atoms with van der Waals surface area (Å²) in [4.78, 5) is 18.8. The number of hydrogen-bond donors (Lipinski definition) is 0. The first-order valence-corrected chi connectivity index (χ1v) is 8.47. The molecule has 0 N–H and O–H groups in total. The van der Waals surface area contributed by atoms with Crippen molar-refractivity contribution < 1.29 is 14.3 Å². The molecule has 1 aromatic heterocycles. The van der Waals surface area contributed by atoms with Crippen molar-refractivity contribution in [3.8, 4) is 0 Å². The van der Waals surface area contributed by atoms with Gasteiger partial charge in [-0.25, -0.2) is 4.98 Å². The number of amides is 1. The Kier molecular flexibility index (Phi) is 6.54. The highest BCUT2D eigenvalue weighted by Gasteiger charge is 2.14. The van der Waals surface area contributed by atoms with Crippen LogP contribution in [0.4, 0.5) is 0 Å². The van der Waals surface area contributed by atoms with Gasteiger partial charge >= 0.3 is 0 Å². The second-order valence-electron chi connectivity index (χ2n) is 5.54. The van der Waals surface area contributed by atoms with E-state index >= 15 is 0 Å². The number of nitrogens with zero attached hydrogens (tertiary/aromatic N) is 2. The molecule has 1 aliphatic rings. The molecule has 0 bridgehead atoms. The van der Waals surface area contributed by atoms with Crippen molar-refractivity contribution >= 4 is 23.3 Å². The van der Waals surface area contributed by atoms with Gasteiger partial charge in [0.2, 0.25) is 5.91 Å². The molecule has 6 heteroatoms. The molecule has 22 heavy (non-hydrogen) atoms. The molecule has 1 aliphatic heterocycles. The fourth-order valence-corrected chi connectivity index (χ4v) is 3.12. The molecule has 1 amide bonds. The molecule has 1 atom stereocenters. The van der Waals surface area contributed by atoms with Crippen LogP contribution in [0.1, 0.15) is 34.8 Å². The lowest BCUT2D eigenvalue weighted by Gasteiger charge is -2.22. The number of carbonyl (C=O) groups excluding carboxylic acids is 1. The Morgan fingerprint density at radius 3 is 3.00 bits per heavy atom. The Morgan fingerprint density at radius 1 is 1.50 bits per heavy atom. The van der Waals surface area contributed by atoms with E-state index in [1.807, 2.05) is 6.92 Å². The van der Waals surface area contributed by atoms with Gasteiger partial charge in [-0.3, -0.25) is 4.79 Å². The summed E-state index contributed by atoms with van der Waals surface area (Å²) in [5.41, 5.74) is 1.01. The Bertz CT molecular complexity index is 519. The van der Waals surface area contributed by atoms with Gasteiger partial charge in [-0.2, -0.15) is 0 Å². The molecule has 122 valence electrons. The van der Waals surface area contributed by atoms with Crippen LogP contribution in [0.2, 0.25) is 0 Å². The predicted octanol–water partition coefficient (Wildman–Crippen LogP) is 2.64. The molecule has 1 fully saturated rings. The summed E-state index contributed by atoms with van der Waals surface area (Å²) in [6.07, 6.45) is 7.41. The summed E-state index contributed by atoms with van der Waals surface area (Å²) in [5.74, 6) is -0.0350. The zero-order valence-corrected chi connectivity index (χ0v) is 14.3. The van der Waals surface area contributed by atoms with Crippen molar-refractivity contribution in [1.82, 2.24) is 9.88 Å². The molecule has 1 aromatic rings. The Morgan fingerprint density at radius 2 is 2.32 bits per heavy atom. The maximum Gasteiger partial charge on any atom is 0.246 e. The first-order chi connectivity index (χ1) is 10.6. The van der Waals surface area contributed by atoms with Crippen molar-refractivity contribution in [2.75, 3.05) is 27.3 Å². The van der Waals surface area contributed by atoms with Crippen LogP contribution in [0.15, 0.2) is 6.08 Å². The SMILES string of the molecule is Cc1nc(C=CC(=O)N(C)C)sc1CCOC1CCCCO1. The van der Waals surface area contributed by atoms with Gasteiger partial charge in [-0.1, -0.05) is 0 Å². The third-order valence-electron chi connectivity index (χ3n) is 3.49. The largest absolute Gasteiger partial charge is 0.353 e. The molecule has 2 rings (SSSR count). The quantitative estimate of drug-likeness (QED) is 0.755. The van der Waals surface area contributed by atoms with Gasteiger partial charge in [-0.05, 0) is 32.3 Å². The van der Waals surface area contributed by atoms with Crippen LogP contribution in [0.3, 0.4) is 0 Å². The second kappa shape index (κ2) is 8.41. The highest BCUT2D eigenvalue weighted by Crippen LogP contribution is 2.21. The molecule has 1 saturated heterocycles. The van der Waals surface area contributed by atoms with E-state index in [1.165, 1.54) is 16.2 Å². The highest BCUT2D eigenvalue weighted by molar-refractivity contribution is 7.12. The highest BCUT2D eigenvalue weighted by atomic mass is 32.1. The number of aryl methyl sites for hydroxylation is 1. The average Bonchev–Trinajstić information content (AvgIpc) is 2.86. The molecular formula is C16H24N2O3S. The van der Waals surface area contributed by atoms with E-state index in [1.54, 1.807) is 37.6 Å². The molecule has 0 aromatic carbocycles. The summed E-state index contributed by atoms with van der Waals surface area (Å²) in [6.45, 7) is 3.45. The van der Waals surface area contributed by atoms with Crippen molar-refractivity contribution in [3.05, 3.63) is 21.7 Å². The van der Waals surface area contributed by atoms with Crippen LogP contribution in [-0.4, -0.2) is 49.4 Å². The minimum atomic E-state index is -0.0425. The van der Waals surface area contributed by atoms with E-state index in [-0.39, 0.29) is 12.2 Å². The summed E-state index contributed by atoms with van der Waals surface area (Å²) in [5, 5.41) is 0.858. The molecule has 2 heterocycles. The number of aromatic nitrogens is 1. The number of likely N-dealkylation sites (N-methyl/N-ethyl adjacent to an activating group) is 1. The van der Waals surface area contributed by atoms with E-state index < -0.39 is 0 Å². The van der Waals surface area contributed by atoms with Crippen LogP contribution in [-0.2, 0) is 20.7 Å². The van der Waals surface area contributed by atoms with Crippen LogP contribution in [0.25, 0.3) is 6.08 Å². The third-order valence-corrected chi connectivity index (χ3v) is 4.67. The second-order valence-corrected chi connectivity index (χ2v) is 6.66.